The number of thioether (sulfide) groups is 1. The van der Waals surface area contributed by atoms with E-state index in [1.165, 1.54) is 4.90 Å². The Balaban J connectivity index is 1.18. The van der Waals surface area contributed by atoms with Crippen LogP contribution in [0.25, 0.3) is 0 Å². The van der Waals surface area contributed by atoms with Gasteiger partial charge in [-0.15, -0.1) is 11.8 Å². The zero-order chi connectivity index (χ0) is 48.2. The second-order valence-corrected chi connectivity index (χ2v) is 18.5. The Hall–Kier alpha value is -3.39. The number of hydrogen-bond donors (Lipinski definition) is 12. The molecule has 12 N–H and O–H groups in total. The van der Waals surface area contributed by atoms with Gasteiger partial charge in [0.2, 0.25) is 11.8 Å². The highest BCUT2D eigenvalue weighted by molar-refractivity contribution is 7.99. The number of fused-ring (bicyclic) bond motifs is 1. The number of amides is 4. The van der Waals surface area contributed by atoms with E-state index in [4.69, 9.17) is 33.4 Å². The summed E-state index contributed by atoms with van der Waals surface area (Å²) in [4.78, 5) is 60.6. The van der Waals surface area contributed by atoms with Crippen molar-refractivity contribution in [2.24, 2.45) is 0 Å². The van der Waals surface area contributed by atoms with Crippen molar-refractivity contribution < 1.29 is 70.2 Å². The first kappa shape index (κ1) is 53.6. The molecule has 2 aliphatic heterocycles. The maximum Gasteiger partial charge on any atom is 0.251 e. The van der Waals surface area contributed by atoms with Gasteiger partial charge in [-0.1, -0.05) is 35.3 Å². The molecule has 0 bridgehead atoms. The molecule has 66 heavy (non-hydrogen) atoms. The number of nitrogens with one attached hydrogen (secondary N) is 2. The van der Waals surface area contributed by atoms with Crippen LogP contribution in [0.3, 0.4) is 0 Å². The van der Waals surface area contributed by atoms with E-state index in [1.807, 2.05) is 23.1 Å². The molecule has 0 spiro atoms. The molecule has 0 aromatic heterocycles. The van der Waals surface area contributed by atoms with Crippen LogP contribution in [0.5, 0.6) is 0 Å². The van der Waals surface area contributed by atoms with Crippen molar-refractivity contribution in [1.29, 1.82) is 0 Å². The van der Waals surface area contributed by atoms with Gasteiger partial charge < -0.3 is 76.4 Å². The van der Waals surface area contributed by atoms with Crippen molar-refractivity contribution >= 4 is 70.0 Å². The van der Waals surface area contributed by atoms with E-state index >= 15 is 0 Å². The van der Waals surface area contributed by atoms with Crippen LogP contribution >= 0.6 is 35.0 Å². The number of nitrogens with zero attached hydrogens (tertiary/aromatic N) is 4. The van der Waals surface area contributed by atoms with Crippen molar-refractivity contribution in [3.05, 3.63) is 57.6 Å². The minimum Gasteiger partial charge on any atom is -0.394 e. The Morgan fingerprint density at radius 1 is 0.742 bits per heavy atom. The van der Waals surface area contributed by atoms with Gasteiger partial charge in [0.25, 0.3) is 11.8 Å². The van der Waals surface area contributed by atoms with Crippen LogP contribution < -0.4 is 20.4 Å². The Bertz CT molecular complexity index is 1910. The van der Waals surface area contributed by atoms with Crippen LogP contribution in [0, 0.1) is 0 Å². The lowest BCUT2D eigenvalue weighted by Crippen LogP contribution is -2.52. The first-order valence-corrected chi connectivity index (χ1v) is 23.8. The maximum atomic E-state index is 14.1. The summed E-state index contributed by atoms with van der Waals surface area (Å²) in [5, 5.41) is 103. The second kappa shape index (κ2) is 25.3. The zero-order valence-electron chi connectivity index (χ0n) is 36.3. The van der Waals surface area contributed by atoms with Crippen molar-refractivity contribution in [1.82, 2.24) is 20.4 Å². The molecular weight excluding hydrogens is 927 g/mol. The molecule has 4 amide bonds. The fourth-order valence-electron chi connectivity index (χ4n) is 7.87. The summed E-state index contributed by atoms with van der Waals surface area (Å²) in [6.45, 7) is -0.226. The molecule has 1 saturated heterocycles. The minimum absolute atomic E-state index is 0.0342. The number of aryl methyl sites for hydroxylation is 1. The average Bonchev–Trinajstić information content (AvgIpc) is 4.07. The van der Waals surface area contributed by atoms with Gasteiger partial charge in [-0.25, -0.2) is 0 Å². The Morgan fingerprint density at radius 2 is 1.27 bits per heavy atom. The van der Waals surface area contributed by atoms with Gasteiger partial charge in [0, 0.05) is 80.0 Å². The van der Waals surface area contributed by atoms with Gasteiger partial charge in [0.05, 0.1) is 30.6 Å². The Morgan fingerprint density at radius 3 is 1.82 bits per heavy atom. The number of benzene rings is 2. The summed E-state index contributed by atoms with van der Waals surface area (Å²) in [7, 11) is 0. The number of halogens is 2. The summed E-state index contributed by atoms with van der Waals surface area (Å²) >= 11 is 15.3. The number of anilines is 2. The first-order chi connectivity index (χ1) is 31.5. The summed E-state index contributed by atoms with van der Waals surface area (Å²) < 4.78 is 0. The average molecular weight is 990 g/mol. The molecule has 3 aliphatic rings. The molecule has 0 unspecified atom stereocenters. The number of para-hydroxylation sites is 2. The van der Waals surface area contributed by atoms with Gasteiger partial charge in [0.15, 0.2) is 12.2 Å². The van der Waals surface area contributed by atoms with Crippen molar-refractivity contribution in [2.75, 3.05) is 73.9 Å². The molecule has 0 radical (unpaired) electrons. The highest BCUT2D eigenvalue weighted by Crippen LogP contribution is 2.41. The number of hydrogen-bond acceptors (Lipinski definition) is 17. The molecule has 1 aliphatic carbocycles. The lowest BCUT2D eigenvalue weighted by molar-refractivity contribution is -0.149. The monoisotopic (exact) mass is 988 g/mol. The summed E-state index contributed by atoms with van der Waals surface area (Å²) in [6.07, 6.45) is -13.5. The van der Waals surface area contributed by atoms with Gasteiger partial charge >= 0.3 is 0 Å². The molecule has 2 fully saturated rings. The highest BCUT2D eigenvalue weighted by Gasteiger charge is 2.40. The molecule has 368 valence electrons. The second-order valence-electron chi connectivity index (χ2n) is 16.7. The fourth-order valence-corrected chi connectivity index (χ4v) is 9.58. The maximum absolute atomic E-state index is 14.1. The van der Waals surface area contributed by atoms with Crippen LogP contribution in [0.1, 0.15) is 43.2 Å². The largest absolute Gasteiger partial charge is 0.394 e. The fraction of sp³-hybridized carbons (Fsp3) is 0.628. The van der Waals surface area contributed by atoms with Crippen molar-refractivity contribution in [3.8, 4) is 0 Å². The summed E-state index contributed by atoms with van der Waals surface area (Å²) in [6, 6.07) is 11.6. The van der Waals surface area contributed by atoms with E-state index in [9.17, 15) is 60.0 Å². The number of carbonyl (C=O) groups excluding carboxylic acids is 4. The van der Waals surface area contributed by atoms with E-state index in [2.05, 4.69) is 26.5 Å². The summed E-state index contributed by atoms with van der Waals surface area (Å²) in [5.41, 5.74) is 3.31. The molecule has 23 heteroatoms. The van der Waals surface area contributed by atoms with Crippen LogP contribution in [-0.4, -0.2) is 210 Å². The number of aliphatic hydroxyl groups is 10. The number of carbonyl (C=O) groups is 4. The zero-order valence-corrected chi connectivity index (χ0v) is 38.6. The number of aliphatic hydroxyl groups excluding tert-OH is 10. The van der Waals surface area contributed by atoms with Crippen molar-refractivity contribution in [2.45, 2.75) is 106 Å². The molecule has 2 aromatic carbocycles. The van der Waals surface area contributed by atoms with E-state index < -0.39 is 73.9 Å². The van der Waals surface area contributed by atoms with Crippen molar-refractivity contribution in [3.63, 3.8) is 0 Å². The topological polar surface area (TPSA) is 308 Å². The molecule has 9 atom stereocenters. The molecule has 2 heterocycles. The van der Waals surface area contributed by atoms with Crippen LogP contribution in [0.15, 0.2) is 36.4 Å². The molecule has 20 nitrogen and oxygen atoms in total. The predicted octanol–water partition coefficient (Wildman–Crippen LogP) is -2.47. The molecule has 5 rings (SSSR count). The van der Waals surface area contributed by atoms with Gasteiger partial charge in [-0.05, 0) is 67.5 Å². The van der Waals surface area contributed by atoms with Gasteiger partial charge in [0.1, 0.15) is 36.6 Å². The molecular formula is C43H62Cl2N6O14S. The molecule has 2 aromatic rings. The van der Waals surface area contributed by atoms with Crippen LogP contribution in [0.2, 0.25) is 10.0 Å². The third-order valence-corrected chi connectivity index (χ3v) is 13.7. The Labute approximate surface area is 396 Å². The van der Waals surface area contributed by atoms with Gasteiger partial charge in [-0.2, -0.15) is 0 Å². The van der Waals surface area contributed by atoms with E-state index in [0.717, 1.165) is 36.3 Å². The lowest BCUT2D eigenvalue weighted by atomic mass is 10.0. The van der Waals surface area contributed by atoms with Crippen LogP contribution in [0.4, 0.5) is 11.4 Å². The lowest BCUT2D eigenvalue weighted by Gasteiger charge is -2.39. The van der Waals surface area contributed by atoms with Gasteiger partial charge in [-0.3, -0.25) is 24.1 Å². The number of rotatable bonds is 25. The smallest absolute Gasteiger partial charge is 0.251 e. The minimum atomic E-state index is -2.15. The van der Waals surface area contributed by atoms with E-state index in [0.29, 0.717) is 46.4 Å². The predicted molar refractivity (Wildman–Crippen MR) is 245 cm³/mol. The Kier molecular flexibility index (Phi) is 20.5. The molecule has 1 saturated carbocycles. The standard InChI is InChI=1S/C43H62Cl2N6O14S/c44-27-18-25(19-49-23-66-22-31(49)43(65)51-16-15-50(26-8-9-26)29-5-1-2-6-30(29)51)28(45)17-24(27)7-10-34(56)48(13-3-11-46-41(63)39(61)37(59)35(57)32(54)20-52)14-4-12-47-42(64)40(62)38(60)36(58)33(55)21-53/h1-2,5-6,17-18,26,31-33,35-40,52-55,57-62H,3-4,7-16,19-23H2,(H,46,63)(H,47,64)/t31-,32+,33+,35+,36+,37-,38-,39+,40+/m0/s1. The normalized spacial score (nSPS) is 20.1. The SMILES string of the molecule is O=C(NCCCN(CCCNC(=O)[C@H](O)[C@@H](O)[C@H](O)[C@H](O)CO)C(=O)CCc1cc(Cl)c(CN2CSC[C@H]2C(=O)N2CCN(C3CC3)c3ccccc32)cc1Cl)[C@H](O)[C@@H](O)[C@H](O)[C@H](O)CO. The third kappa shape index (κ3) is 13.9. The first-order valence-electron chi connectivity index (χ1n) is 21.9. The quantitative estimate of drug-likeness (QED) is 0.0459. The summed E-state index contributed by atoms with van der Waals surface area (Å²) in [5.74, 6) is -1.24. The highest BCUT2D eigenvalue weighted by atomic mass is 35.5. The van der Waals surface area contributed by atoms with Crippen LogP contribution in [-0.2, 0) is 32.1 Å². The third-order valence-electron chi connectivity index (χ3n) is 12.0. The van der Waals surface area contributed by atoms with E-state index in [-0.39, 0.29) is 69.7 Å². The van der Waals surface area contributed by atoms with E-state index in [1.54, 1.807) is 23.9 Å².